The average molecular weight is 484 g/mol. The number of anilines is 1. The number of carbonyl (C=O) groups excluding carboxylic acids is 1. The molecule has 0 fully saturated rings. The van der Waals surface area contributed by atoms with Crippen molar-refractivity contribution in [2.45, 2.75) is 4.90 Å². The molecule has 0 aliphatic heterocycles. The Morgan fingerprint density at radius 2 is 1.56 bits per heavy atom. The Morgan fingerprint density at radius 3 is 2.18 bits per heavy atom. The lowest BCUT2D eigenvalue weighted by Crippen LogP contribution is -2.39. The van der Waals surface area contributed by atoms with Gasteiger partial charge >= 0.3 is 0 Å². The summed E-state index contributed by atoms with van der Waals surface area (Å²) < 4.78 is 43.2. The predicted molar refractivity (Wildman–Crippen MR) is 129 cm³/mol. The SMILES string of the molecule is COc1ccc(N(CC(=O)N/N=C\c2ccc(OC)cc2OC)S(=O)(=O)c2ccccc2)cc1. The first kappa shape index (κ1) is 24.6. The van der Waals surface area contributed by atoms with E-state index in [1.807, 2.05) is 0 Å². The Kier molecular flexibility index (Phi) is 8.10. The van der Waals surface area contributed by atoms with E-state index in [9.17, 15) is 13.2 Å². The highest BCUT2D eigenvalue weighted by Gasteiger charge is 2.27. The van der Waals surface area contributed by atoms with Crippen molar-refractivity contribution in [3.05, 3.63) is 78.4 Å². The van der Waals surface area contributed by atoms with E-state index in [2.05, 4.69) is 10.5 Å². The third-order valence-corrected chi connectivity index (χ3v) is 6.60. The Labute approximate surface area is 198 Å². The normalized spacial score (nSPS) is 11.1. The fraction of sp³-hybridized carbons (Fsp3) is 0.167. The van der Waals surface area contributed by atoms with Gasteiger partial charge in [0, 0.05) is 11.6 Å². The highest BCUT2D eigenvalue weighted by atomic mass is 32.2. The molecule has 9 nitrogen and oxygen atoms in total. The van der Waals surface area contributed by atoms with Gasteiger partial charge in [0.2, 0.25) is 0 Å². The highest BCUT2D eigenvalue weighted by molar-refractivity contribution is 7.92. The first-order chi connectivity index (χ1) is 16.4. The second-order valence-electron chi connectivity index (χ2n) is 6.92. The summed E-state index contributed by atoms with van der Waals surface area (Å²) in [6.45, 7) is -0.485. The number of rotatable bonds is 10. The maximum atomic E-state index is 13.3. The van der Waals surface area contributed by atoms with Crippen molar-refractivity contribution in [3.8, 4) is 17.2 Å². The molecule has 178 valence electrons. The summed E-state index contributed by atoms with van der Waals surface area (Å²) in [5.41, 5.74) is 3.28. The number of hydrogen-bond acceptors (Lipinski definition) is 7. The van der Waals surface area contributed by atoms with Crippen LogP contribution in [0.2, 0.25) is 0 Å². The van der Waals surface area contributed by atoms with Gasteiger partial charge < -0.3 is 14.2 Å². The minimum absolute atomic E-state index is 0.0603. The monoisotopic (exact) mass is 483 g/mol. The van der Waals surface area contributed by atoms with Gasteiger partial charge in [-0.05, 0) is 48.5 Å². The number of nitrogens with zero attached hydrogens (tertiary/aromatic N) is 2. The number of carbonyl (C=O) groups is 1. The molecule has 0 radical (unpaired) electrons. The highest BCUT2D eigenvalue weighted by Crippen LogP contribution is 2.26. The van der Waals surface area contributed by atoms with E-state index in [4.69, 9.17) is 14.2 Å². The molecule has 10 heteroatoms. The molecular formula is C24H25N3O6S. The minimum Gasteiger partial charge on any atom is -0.497 e. The van der Waals surface area contributed by atoms with Crippen LogP contribution in [0.1, 0.15) is 5.56 Å². The molecule has 3 aromatic carbocycles. The molecule has 0 aliphatic carbocycles. The molecule has 0 aliphatic rings. The zero-order chi connectivity index (χ0) is 24.6. The van der Waals surface area contributed by atoms with Crippen LogP contribution in [0.4, 0.5) is 5.69 Å². The second-order valence-corrected chi connectivity index (χ2v) is 8.79. The van der Waals surface area contributed by atoms with E-state index in [1.54, 1.807) is 67.8 Å². The Hall–Kier alpha value is -4.05. The number of amides is 1. The molecular weight excluding hydrogens is 458 g/mol. The van der Waals surface area contributed by atoms with Crippen LogP contribution in [0.25, 0.3) is 0 Å². The molecule has 0 unspecified atom stereocenters. The quantitative estimate of drug-likeness (QED) is 0.351. The van der Waals surface area contributed by atoms with Crippen molar-refractivity contribution >= 4 is 27.8 Å². The Morgan fingerprint density at radius 1 is 0.912 bits per heavy atom. The minimum atomic E-state index is -4.02. The molecule has 34 heavy (non-hydrogen) atoms. The number of nitrogens with one attached hydrogen (secondary N) is 1. The number of methoxy groups -OCH3 is 3. The topological polar surface area (TPSA) is 107 Å². The molecule has 0 spiro atoms. The molecule has 3 aromatic rings. The van der Waals surface area contributed by atoms with Crippen LogP contribution >= 0.6 is 0 Å². The zero-order valence-corrected chi connectivity index (χ0v) is 19.8. The van der Waals surface area contributed by atoms with Crippen LogP contribution in [0.3, 0.4) is 0 Å². The standard InChI is InChI=1S/C24H25N3O6S/c1-31-20-13-10-19(11-14-20)27(34(29,30)22-7-5-4-6-8-22)17-24(28)26-25-16-18-9-12-21(32-2)15-23(18)33-3/h4-16H,17H2,1-3H3,(H,26,28)/b25-16-. The smallest absolute Gasteiger partial charge is 0.264 e. The van der Waals surface area contributed by atoms with Gasteiger partial charge in [-0.15, -0.1) is 0 Å². The largest absolute Gasteiger partial charge is 0.497 e. The van der Waals surface area contributed by atoms with E-state index in [0.29, 0.717) is 28.5 Å². The Bertz CT molecular complexity index is 1250. The fourth-order valence-electron chi connectivity index (χ4n) is 3.05. The van der Waals surface area contributed by atoms with Crippen molar-refractivity contribution in [1.29, 1.82) is 0 Å². The summed E-state index contributed by atoms with van der Waals surface area (Å²) in [7, 11) is 0.541. The van der Waals surface area contributed by atoms with Crippen LogP contribution in [0, 0.1) is 0 Å². The molecule has 0 atom stereocenters. The lowest BCUT2D eigenvalue weighted by molar-refractivity contribution is -0.119. The van der Waals surface area contributed by atoms with Gasteiger partial charge in [0.05, 0.1) is 38.1 Å². The third kappa shape index (κ3) is 5.84. The fourth-order valence-corrected chi connectivity index (χ4v) is 4.49. The molecule has 0 saturated heterocycles. The summed E-state index contributed by atoms with van der Waals surface area (Å²) in [5.74, 6) is 1.05. The first-order valence-corrected chi connectivity index (χ1v) is 11.6. The lowest BCUT2D eigenvalue weighted by Gasteiger charge is -2.23. The molecule has 0 heterocycles. The van der Waals surface area contributed by atoms with Crippen LogP contribution < -0.4 is 23.9 Å². The molecule has 0 saturated carbocycles. The predicted octanol–water partition coefficient (Wildman–Crippen LogP) is 3.06. The molecule has 0 aromatic heterocycles. The second kappa shape index (κ2) is 11.2. The molecule has 1 amide bonds. The average Bonchev–Trinajstić information content (AvgIpc) is 2.88. The molecule has 3 rings (SSSR count). The van der Waals surface area contributed by atoms with E-state index < -0.39 is 22.5 Å². The zero-order valence-electron chi connectivity index (χ0n) is 19.0. The van der Waals surface area contributed by atoms with E-state index >= 15 is 0 Å². The van der Waals surface area contributed by atoms with Gasteiger partial charge in [0.1, 0.15) is 23.8 Å². The molecule has 1 N–H and O–H groups in total. The van der Waals surface area contributed by atoms with E-state index in [-0.39, 0.29) is 4.90 Å². The Balaban J connectivity index is 1.82. The van der Waals surface area contributed by atoms with Crippen LogP contribution in [0.5, 0.6) is 17.2 Å². The summed E-state index contributed by atoms with van der Waals surface area (Å²) in [6.07, 6.45) is 1.40. The summed E-state index contributed by atoms with van der Waals surface area (Å²) >= 11 is 0. The molecule has 0 bridgehead atoms. The van der Waals surface area contributed by atoms with Gasteiger partial charge in [-0.1, -0.05) is 18.2 Å². The maximum Gasteiger partial charge on any atom is 0.264 e. The maximum absolute atomic E-state index is 13.3. The number of sulfonamides is 1. The first-order valence-electron chi connectivity index (χ1n) is 10.1. The lowest BCUT2D eigenvalue weighted by atomic mass is 10.2. The van der Waals surface area contributed by atoms with Crippen molar-refractivity contribution in [1.82, 2.24) is 5.43 Å². The summed E-state index contributed by atoms with van der Waals surface area (Å²) in [5, 5.41) is 3.95. The summed E-state index contributed by atoms with van der Waals surface area (Å²) in [4.78, 5) is 12.7. The van der Waals surface area contributed by atoms with Crippen LogP contribution in [-0.2, 0) is 14.8 Å². The van der Waals surface area contributed by atoms with Crippen molar-refractivity contribution < 1.29 is 27.4 Å². The van der Waals surface area contributed by atoms with E-state index in [1.165, 1.54) is 32.6 Å². The van der Waals surface area contributed by atoms with Gasteiger partial charge in [0.25, 0.3) is 15.9 Å². The van der Waals surface area contributed by atoms with Gasteiger partial charge in [-0.3, -0.25) is 9.10 Å². The number of hydrazone groups is 1. The van der Waals surface area contributed by atoms with Gasteiger partial charge in [-0.2, -0.15) is 5.10 Å². The van der Waals surface area contributed by atoms with Gasteiger partial charge in [0.15, 0.2) is 0 Å². The van der Waals surface area contributed by atoms with Crippen molar-refractivity contribution in [2.75, 3.05) is 32.2 Å². The van der Waals surface area contributed by atoms with E-state index in [0.717, 1.165) is 4.31 Å². The van der Waals surface area contributed by atoms with Crippen molar-refractivity contribution in [2.24, 2.45) is 5.10 Å². The number of ether oxygens (including phenoxy) is 3. The van der Waals surface area contributed by atoms with Crippen molar-refractivity contribution in [3.63, 3.8) is 0 Å². The summed E-state index contributed by atoms with van der Waals surface area (Å²) in [6, 6.07) is 19.4. The van der Waals surface area contributed by atoms with Crippen LogP contribution in [0.15, 0.2) is 82.8 Å². The number of hydrogen-bond donors (Lipinski definition) is 1. The van der Waals surface area contributed by atoms with Gasteiger partial charge in [-0.25, -0.2) is 13.8 Å². The third-order valence-electron chi connectivity index (χ3n) is 4.81. The van der Waals surface area contributed by atoms with Crippen LogP contribution in [-0.4, -0.2) is 48.4 Å². The number of benzene rings is 3.